The molecule has 2 fully saturated rings. The van der Waals surface area contributed by atoms with Crippen LogP contribution < -0.4 is 11.2 Å². The van der Waals surface area contributed by atoms with Gasteiger partial charge >= 0.3 is 5.69 Å². The van der Waals surface area contributed by atoms with Crippen molar-refractivity contribution in [1.82, 2.24) is 9.55 Å². The molecule has 0 bridgehead atoms. The van der Waals surface area contributed by atoms with Gasteiger partial charge < -0.3 is 0 Å². The molecule has 0 spiro atoms. The molecule has 2 aliphatic rings. The number of nitrogens with one attached hydrogen (secondary N) is 1. The van der Waals surface area contributed by atoms with Gasteiger partial charge in [0.2, 0.25) is 0 Å². The maximum absolute atomic E-state index is 11.7. The maximum Gasteiger partial charge on any atom is 0.328 e. The van der Waals surface area contributed by atoms with Crippen LogP contribution >= 0.6 is 0 Å². The molecule has 1 N–H and O–H groups in total. The van der Waals surface area contributed by atoms with Crippen molar-refractivity contribution in [1.29, 1.82) is 5.26 Å². The van der Waals surface area contributed by atoms with Crippen LogP contribution in [0.1, 0.15) is 31.2 Å². The first kappa shape index (κ1) is 11.3. The molecule has 2 aliphatic carbocycles. The van der Waals surface area contributed by atoms with E-state index in [1.165, 1.54) is 36.4 Å². The molecule has 0 aromatic carbocycles. The zero-order chi connectivity index (χ0) is 12.7. The first-order valence-electron chi connectivity index (χ1n) is 6.43. The quantitative estimate of drug-likeness (QED) is 0.853. The van der Waals surface area contributed by atoms with Gasteiger partial charge in [-0.15, -0.1) is 0 Å². The van der Waals surface area contributed by atoms with Crippen molar-refractivity contribution in [2.45, 2.75) is 32.2 Å². The highest BCUT2D eigenvalue weighted by Gasteiger charge is 2.41. The van der Waals surface area contributed by atoms with Gasteiger partial charge in [0.1, 0.15) is 11.6 Å². The van der Waals surface area contributed by atoms with Crippen LogP contribution in [0.3, 0.4) is 0 Å². The van der Waals surface area contributed by atoms with Crippen molar-refractivity contribution in [3.63, 3.8) is 0 Å². The Labute approximate surface area is 104 Å². The molecule has 0 amide bonds. The van der Waals surface area contributed by atoms with Crippen LogP contribution in [0.2, 0.25) is 0 Å². The smallest absolute Gasteiger partial charge is 0.299 e. The molecule has 0 unspecified atom stereocenters. The van der Waals surface area contributed by atoms with E-state index in [1.807, 2.05) is 6.07 Å². The molecule has 5 heteroatoms. The SMILES string of the molecule is N#Cc1cn(CC(C2CC2)C2CC2)c(=O)[nH]c1=O. The second kappa shape index (κ2) is 4.13. The molecule has 2 saturated carbocycles. The Balaban J connectivity index is 1.89. The van der Waals surface area contributed by atoms with Crippen LogP contribution in [0, 0.1) is 29.1 Å². The Kier molecular flexibility index (Phi) is 2.58. The van der Waals surface area contributed by atoms with E-state index < -0.39 is 11.2 Å². The van der Waals surface area contributed by atoms with Crippen molar-refractivity contribution in [3.8, 4) is 6.07 Å². The predicted molar refractivity (Wildman–Crippen MR) is 65.0 cm³/mol. The van der Waals surface area contributed by atoms with Gasteiger partial charge in [0.05, 0.1) is 0 Å². The summed E-state index contributed by atoms with van der Waals surface area (Å²) < 4.78 is 1.50. The van der Waals surface area contributed by atoms with Crippen LogP contribution in [0.25, 0.3) is 0 Å². The number of nitriles is 1. The minimum absolute atomic E-state index is 0.0138. The summed E-state index contributed by atoms with van der Waals surface area (Å²) >= 11 is 0. The van der Waals surface area contributed by atoms with Crippen LogP contribution in [0.4, 0.5) is 0 Å². The monoisotopic (exact) mass is 245 g/mol. The van der Waals surface area contributed by atoms with Crippen LogP contribution in [0.15, 0.2) is 15.8 Å². The molecule has 1 aromatic heterocycles. The summed E-state index contributed by atoms with van der Waals surface area (Å²) in [6.45, 7) is 0.639. The highest BCUT2D eigenvalue weighted by Crippen LogP contribution is 2.49. The van der Waals surface area contributed by atoms with Crippen LogP contribution in [-0.2, 0) is 6.54 Å². The average molecular weight is 245 g/mol. The number of rotatable bonds is 4. The Bertz CT molecular complexity index is 602. The number of nitrogens with zero attached hydrogens (tertiary/aromatic N) is 2. The molecule has 3 rings (SSSR count). The van der Waals surface area contributed by atoms with Crippen molar-refractivity contribution < 1.29 is 0 Å². The van der Waals surface area contributed by atoms with Crippen LogP contribution in [-0.4, -0.2) is 9.55 Å². The standard InChI is InChI=1S/C13H15N3O2/c14-5-10-6-16(13(18)15-12(10)17)7-11(8-1-2-8)9-3-4-9/h6,8-9,11H,1-4,7H2,(H,15,17,18). The fourth-order valence-electron chi connectivity index (χ4n) is 2.68. The topological polar surface area (TPSA) is 78.7 Å². The molecule has 0 radical (unpaired) electrons. The lowest BCUT2D eigenvalue weighted by molar-refractivity contribution is 0.341. The highest BCUT2D eigenvalue weighted by atomic mass is 16.2. The molecular weight excluding hydrogens is 230 g/mol. The number of hydrogen-bond acceptors (Lipinski definition) is 3. The second-order valence-corrected chi connectivity index (χ2v) is 5.40. The molecule has 1 heterocycles. The molecule has 5 nitrogen and oxygen atoms in total. The van der Waals surface area contributed by atoms with Gasteiger partial charge in [-0.25, -0.2) is 4.79 Å². The third kappa shape index (κ3) is 2.10. The lowest BCUT2D eigenvalue weighted by Crippen LogP contribution is -2.33. The Morgan fingerprint density at radius 2 is 1.94 bits per heavy atom. The van der Waals surface area contributed by atoms with E-state index in [-0.39, 0.29) is 5.56 Å². The summed E-state index contributed by atoms with van der Waals surface area (Å²) in [7, 11) is 0. The molecule has 0 saturated heterocycles. The van der Waals surface area contributed by atoms with E-state index in [1.54, 1.807) is 0 Å². The summed E-state index contributed by atoms with van der Waals surface area (Å²) in [4.78, 5) is 25.2. The largest absolute Gasteiger partial charge is 0.328 e. The number of hydrogen-bond donors (Lipinski definition) is 1. The minimum atomic E-state index is -0.590. The zero-order valence-electron chi connectivity index (χ0n) is 10.1. The van der Waals surface area contributed by atoms with Crippen LogP contribution in [0.5, 0.6) is 0 Å². The number of aromatic amines is 1. The lowest BCUT2D eigenvalue weighted by atomic mass is 9.98. The minimum Gasteiger partial charge on any atom is -0.299 e. The molecule has 18 heavy (non-hydrogen) atoms. The summed E-state index contributed by atoms with van der Waals surface area (Å²) in [6, 6.07) is 1.82. The van der Waals surface area contributed by atoms with Crippen molar-refractivity contribution >= 4 is 0 Å². The predicted octanol–water partition coefficient (Wildman–Crippen LogP) is 0.844. The summed E-state index contributed by atoms with van der Waals surface area (Å²) in [6.07, 6.45) is 6.42. The fraction of sp³-hybridized carbons (Fsp3) is 0.615. The molecule has 94 valence electrons. The number of aromatic nitrogens is 2. The second-order valence-electron chi connectivity index (χ2n) is 5.40. The van der Waals surface area contributed by atoms with E-state index in [9.17, 15) is 9.59 Å². The van der Waals surface area contributed by atoms with E-state index in [4.69, 9.17) is 5.26 Å². The maximum atomic E-state index is 11.7. The van der Waals surface area contributed by atoms with Gasteiger partial charge in [0, 0.05) is 12.7 Å². The van der Waals surface area contributed by atoms with Gasteiger partial charge in [-0.05, 0) is 43.4 Å². The van der Waals surface area contributed by atoms with E-state index in [2.05, 4.69) is 4.98 Å². The number of H-pyrrole nitrogens is 1. The molecule has 1 aromatic rings. The van der Waals surface area contributed by atoms with E-state index >= 15 is 0 Å². The van der Waals surface area contributed by atoms with Gasteiger partial charge in [0.25, 0.3) is 5.56 Å². The third-order valence-electron chi connectivity index (χ3n) is 3.99. The Morgan fingerprint density at radius 3 is 2.44 bits per heavy atom. The van der Waals surface area contributed by atoms with Crippen molar-refractivity contribution in [2.75, 3.05) is 0 Å². The summed E-state index contributed by atoms with van der Waals surface area (Å²) in [5.41, 5.74) is -0.974. The van der Waals surface area contributed by atoms with Gasteiger partial charge in [0.15, 0.2) is 0 Å². The van der Waals surface area contributed by atoms with Gasteiger partial charge in [-0.1, -0.05) is 0 Å². The average Bonchev–Trinajstić information content (AvgIpc) is 3.21. The molecular formula is C13H15N3O2. The van der Waals surface area contributed by atoms with Gasteiger partial charge in [-0.3, -0.25) is 14.3 Å². The zero-order valence-corrected chi connectivity index (χ0v) is 10.1. The van der Waals surface area contributed by atoms with E-state index in [0.29, 0.717) is 12.5 Å². The highest BCUT2D eigenvalue weighted by molar-refractivity contribution is 5.21. The van der Waals surface area contributed by atoms with Gasteiger partial charge in [-0.2, -0.15) is 5.26 Å². The lowest BCUT2D eigenvalue weighted by Gasteiger charge is -2.16. The van der Waals surface area contributed by atoms with Crippen molar-refractivity contribution in [2.24, 2.45) is 17.8 Å². The Hall–Kier alpha value is -1.83. The first-order chi connectivity index (χ1) is 8.69. The Morgan fingerprint density at radius 1 is 1.33 bits per heavy atom. The normalized spacial score (nSPS) is 18.9. The fourth-order valence-corrected chi connectivity index (χ4v) is 2.68. The molecule has 0 aliphatic heterocycles. The first-order valence-corrected chi connectivity index (χ1v) is 6.43. The van der Waals surface area contributed by atoms with Crippen molar-refractivity contribution in [3.05, 3.63) is 32.6 Å². The molecule has 0 atom stereocenters. The summed E-state index contributed by atoms with van der Waals surface area (Å²) in [5, 5.41) is 8.83. The third-order valence-corrected chi connectivity index (χ3v) is 3.99. The van der Waals surface area contributed by atoms with E-state index in [0.717, 1.165) is 11.8 Å². The summed E-state index contributed by atoms with van der Waals surface area (Å²) in [5.74, 6) is 2.02.